The van der Waals surface area contributed by atoms with Gasteiger partial charge in [0.1, 0.15) is 29.0 Å². The number of esters is 1. The number of ether oxygens (including phenoxy) is 2. The number of nitrogens with zero attached hydrogens (tertiary/aromatic N) is 1. The molecule has 3 aliphatic heterocycles. The number of hydrogen-bond donors (Lipinski definition) is 2. The maximum atomic E-state index is 12.6. The fourth-order valence-electron chi connectivity index (χ4n) is 3.54. The number of carbonyl (C=O) groups excluding carboxylic acids is 3. The van der Waals surface area contributed by atoms with Crippen molar-refractivity contribution in [3.05, 3.63) is 41.6 Å². The van der Waals surface area contributed by atoms with Gasteiger partial charge < -0.3 is 19.9 Å². The van der Waals surface area contributed by atoms with E-state index < -0.39 is 35.3 Å². The smallest absolute Gasteiger partial charge is 0.352 e. The van der Waals surface area contributed by atoms with Gasteiger partial charge in [-0.05, 0) is 18.6 Å². The highest BCUT2D eigenvalue weighted by molar-refractivity contribution is 8.00. The predicted molar refractivity (Wildman–Crippen MR) is 101 cm³/mol. The molecular formula is C19H18N2O7S. The summed E-state index contributed by atoms with van der Waals surface area (Å²) >= 11 is 1.34. The number of rotatable bonds is 6. The topological polar surface area (TPSA) is 122 Å². The summed E-state index contributed by atoms with van der Waals surface area (Å²) in [7, 11) is 0. The van der Waals surface area contributed by atoms with E-state index in [1.807, 2.05) is 6.07 Å². The third-order valence-corrected chi connectivity index (χ3v) is 6.21. The minimum Gasteiger partial charge on any atom is -0.484 e. The zero-order valence-corrected chi connectivity index (χ0v) is 16.0. The van der Waals surface area contributed by atoms with Gasteiger partial charge in [0.15, 0.2) is 6.61 Å². The number of cyclic esters (lactones) is 1. The van der Waals surface area contributed by atoms with Crippen molar-refractivity contribution >= 4 is 35.5 Å². The number of β-lactam (4-membered cyclic amide) rings is 1. The molecule has 10 heteroatoms. The van der Waals surface area contributed by atoms with Crippen LogP contribution in [-0.4, -0.2) is 63.6 Å². The number of carboxylic acid groups (broad SMARTS) is 1. The Labute approximate surface area is 170 Å². The van der Waals surface area contributed by atoms with Crippen molar-refractivity contribution < 1.29 is 33.8 Å². The lowest BCUT2D eigenvalue weighted by molar-refractivity contribution is -0.151. The van der Waals surface area contributed by atoms with Crippen LogP contribution in [-0.2, 0) is 23.9 Å². The fraction of sp³-hybridized carbons (Fsp3) is 0.368. The highest BCUT2D eigenvalue weighted by Gasteiger charge is 2.55. The van der Waals surface area contributed by atoms with E-state index in [1.165, 1.54) is 16.7 Å². The first-order valence-corrected chi connectivity index (χ1v) is 10.1. The van der Waals surface area contributed by atoms with Crippen molar-refractivity contribution in [3.8, 4) is 5.75 Å². The lowest BCUT2D eigenvalue weighted by Crippen LogP contribution is -2.71. The average molecular weight is 418 g/mol. The molecule has 2 amide bonds. The largest absolute Gasteiger partial charge is 0.484 e. The molecule has 1 aromatic rings. The monoisotopic (exact) mass is 418 g/mol. The number of thioether (sulfide) groups is 1. The molecule has 2 saturated heterocycles. The molecule has 0 unspecified atom stereocenters. The Kier molecular flexibility index (Phi) is 5.18. The lowest BCUT2D eigenvalue weighted by atomic mass is 9.99. The van der Waals surface area contributed by atoms with Gasteiger partial charge in [-0.2, -0.15) is 0 Å². The third-order valence-electron chi connectivity index (χ3n) is 4.90. The van der Waals surface area contributed by atoms with Crippen LogP contribution in [0.5, 0.6) is 5.75 Å². The van der Waals surface area contributed by atoms with E-state index in [0.717, 1.165) is 0 Å². The van der Waals surface area contributed by atoms with Crippen LogP contribution in [0.3, 0.4) is 0 Å². The van der Waals surface area contributed by atoms with E-state index in [1.54, 1.807) is 24.3 Å². The second kappa shape index (κ2) is 7.78. The Balaban J connectivity index is 1.42. The van der Waals surface area contributed by atoms with Crippen LogP contribution in [0, 0.1) is 0 Å². The summed E-state index contributed by atoms with van der Waals surface area (Å²) in [4.78, 5) is 49.1. The molecule has 29 heavy (non-hydrogen) atoms. The van der Waals surface area contributed by atoms with E-state index in [0.29, 0.717) is 23.5 Å². The molecule has 3 atom stereocenters. The maximum Gasteiger partial charge on any atom is 0.352 e. The van der Waals surface area contributed by atoms with Gasteiger partial charge in [-0.1, -0.05) is 18.2 Å². The minimum absolute atomic E-state index is 0.149. The van der Waals surface area contributed by atoms with Gasteiger partial charge in [-0.15, -0.1) is 11.8 Å². The molecule has 3 aliphatic rings. The number of aliphatic carboxylic acids is 1. The quantitative estimate of drug-likeness (QED) is 0.506. The Morgan fingerprint density at radius 1 is 1.28 bits per heavy atom. The molecule has 4 rings (SSSR count). The van der Waals surface area contributed by atoms with Crippen molar-refractivity contribution in [2.75, 3.05) is 12.4 Å². The molecule has 9 nitrogen and oxygen atoms in total. The molecule has 0 aliphatic carbocycles. The third kappa shape index (κ3) is 3.67. The number of hydrogen-bond acceptors (Lipinski definition) is 7. The molecule has 0 bridgehead atoms. The summed E-state index contributed by atoms with van der Waals surface area (Å²) in [5.74, 6) is -1.76. The van der Waals surface area contributed by atoms with E-state index in [2.05, 4.69) is 5.32 Å². The van der Waals surface area contributed by atoms with Gasteiger partial charge in [0.25, 0.3) is 11.8 Å². The second-order valence-electron chi connectivity index (χ2n) is 6.75. The van der Waals surface area contributed by atoms with Crippen molar-refractivity contribution in [1.82, 2.24) is 10.2 Å². The highest BCUT2D eigenvalue weighted by Crippen LogP contribution is 2.42. The van der Waals surface area contributed by atoms with Crippen molar-refractivity contribution in [2.24, 2.45) is 0 Å². The van der Waals surface area contributed by atoms with E-state index in [9.17, 15) is 24.3 Å². The Morgan fingerprint density at radius 3 is 2.69 bits per heavy atom. The second-order valence-corrected chi connectivity index (χ2v) is 7.86. The first kappa shape index (κ1) is 19.3. The Morgan fingerprint density at radius 2 is 2.03 bits per heavy atom. The standard InChI is InChI=1S/C19H18N2O7S/c22-13(8-27-10-4-2-1-3-5-10)20-15-17(24)21-16(19(25)26)11(9-29-18(15)21)12-6-7-14(23)28-12/h1-5,12,15,18H,6-9H2,(H,20,22)(H,25,26)/t12-,15+,18+/m0/s1. The first-order valence-electron chi connectivity index (χ1n) is 9.03. The summed E-state index contributed by atoms with van der Waals surface area (Å²) in [5.41, 5.74) is 0.277. The molecule has 0 aromatic heterocycles. The number of fused-ring (bicyclic) bond motifs is 1. The summed E-state index contributed by atoms with van der Waals surface area (Å²) in [6.45, 7) is -0.254. The summed E-state index contributed by atoms with van der Waals surface area (Å²) < 4.78 is 10.6. The van der Waals surface area contributed by atoms with Gasteiger partial charge in [0.05, 0.1) is 0 Å². The number of nitrogens with one attached hydrogen (secondary N) is 1. The number of carboxylic acids is 1. The Hall–Kier alpha value is -3.01. The normalized spacial score (nSPS) is 25.8. The van der Waals surface area contributed by atoms with Gasteiger partial charge in [-0.3, -0.25) is 19.3 Å². The minimum atomic E-state index is -1.25. The van der Waals surface area contributed by atoms with E-state index >= 15 is 0 Å². The van der Waals surface area contributed by atoms with Crippen LogP contribution >= 0.6 is 11.8 Å². The molecule has 0 saturated carbocycles. The van der Waals surface area contributed by atoms with Crippen LogP contribution in [0.4, 0.5) is 0 Å². The molecule has 0 spiro atoms. The van der Waals surface area contributed by atoms with Crippen LogP contribution in [0.25, 0.3) is 0 Å². The van der Waals surface area contributed by atoms with Gasteiger partial charge in [-0.25, -0.2) is 4.79 Å². The summed E-state index contributed by atoms with van der Waals surface area (Å²) in [6, 6.07) is 7.97. The first-order chi connectivity index (χ1) is 14.0. The van der Waals surface area contributed by atoms with Crippen molar-refractivity contribution in [2.45, 2.75) is 30.4 Å². The van der Waals surface area contributed by atoms with Crippen molar-refractivity contribution in [1.29, 1.82) is 0 Å². The number of carbonyl (C=O) groups is 4. The molecule has 0 radical (unpaired) electrons. The molecule has 2 fully saturated rings. The van der Waals surface area contributed by atoms with Gasteiger partial charge >= 0.3 is 11.9 Å². The zero-order chi connectivity index (χ0) is 20.5. The zero-order valence-electron chi connectivity index (χ0n) is 15.2. The molecule has 1 aromatic carbocycles. The van der Waals surface area contributed by atoms with Crippen LogP contribution in [0.15, 0.2) is 41.6 Å². The number of amides is 2. The highest BCUT2D eigenvalue weighted by atomic mass is 32.2. The Bertz CT molecular complexity index is 901. The van der Waals surface area contributed by atoms with E-state index in [4.69, 9.17) is 9.47 Å². The van der Waals surface area contributed by atoms with Crippen LogP contribution < -0.4 is 10.1 Å². The predicted octanol–water partition coefficient (Wildman–Crippen LogP) is 0.510. The number of para-hydroxylation sites is 1. The lowest BCUT2D eigenvalue weighted by Gasteiger charge is -2.49. The van der Waals surface area contributed by atoms with Crippen LogP contribution in [0.2, 0.25) is 0 Å². The number of benzene rings is 1. The maximum absolute atomic E-state index is 12.6. The average Bonchev–Trinajstić information content (AvgIpc) is 3.16. The fourth-order valence-corrected chi connectivity index (χ4v) is 4.95. The summed E-state index contributed by atoms with van der Waals surface area (Å²) in [5, 5.41) is 11.7. The molecule has 3 heterocycles. The van der Waals surface area contributed by atoms with Crippen LogP contribution in [0.1, 0.15) is 12.8 Å². The van der Waals surface area contributed by atoms with E-state index in [-0.39, 0.29) is 24.7 Å². The molecular weight excluding hydrogens is 400 g/mol. The van der Waals surface area contributed by atoms with Crippen molar-refractivity contribution in [3.63, 3.8) is 0 Å². The summed E-state index contributed by atoms with van der Waals surface area (Å²) in [6.07, 6.45) is 0.000969. The molecule has 2 N–H and O–H groups in total. The van der Waals surface area contributed by atoms with Gasteiger partial charge in [0, 0.05) is 17.7 Å². The molecule has 152 valence electrons. The SMILES string of the molecule is O=C(COc1ccccc1)N[C@@H]1C(=O)N2C(C(=O)O)=C([C@@H]3CCC(=O)O3)CS[C@H]12. The van der Waals surface area contributed by atoms with Gasteiger partial charge in [0.2, 0.25) is 0 Å².